The maximum absolute atomic E-state index is 14.8. The lowest BCUT2D eigenvalue weighted by atomic mass is 9.87. The molecule has 4 nitrogen and oxygen atoms in total. The van der Waals surface area contributed by atoms with Crippen LogP contribution in [-0.4, -0.2) is 30.2 Å². The number of Topliss-reactive ketones (excluding diaryl/α,β-unsaturated/α-hetero) is 1. The number of methoxy groups -OCH3 is 1. The number of rotatable bonds is 9. The predicted molar refractivity (Wildman–Crippen MR) is 119 cm³/mol. The van der Waals surface area contributed by atoms with E-state index in [1.807, 2.05) is 24.3 Å². The predicted octanol–water partition coefficient (Wildman–Crippen LogP) is 5.72. The Bertz CT molecular complexity index is 889. The van der Waals surface area contributed by atoms with Gasteiger partial charge >= 0.3 is 5.97 Å². The average Bonchev–Trinajstić information content (AvgIpc) is 2.69. The number of ether oxygens (including phenoxy) is 2. The molecule has 1 unspecified atom stereocenters. The van der Waals surface area contributed by atoms with Crippen LogP contribution in [0.25, 0.3) is 0 Å². The summed E-state index contributed by atoms with van der Waals surface area (Å²) in [5.74, 6) is -2.11. The van der Waals surface area contributed by atoms with E-state index in [-0.39, 0.29) is 17.2 Å². The number of ketones is 1. The molecule has 162 valence electrons. The molecule has 2 rings (SSSR count). The van der Waals surface area contributed by atoms with Gasteiger partial charge in [0.2, 0.25) is 0 Å². The molecule has 30 heavy (non-hydrogen) atoms. The van der Waals surface area contributed by atoms with E-state index < -0.39 is 28.2 Å². The molecular weight excluding hydrogens is 427 g/mol. The fourth-order valence-corrected chi connectivity index (χ4v) is 4.32. The van der Waals surface area contributed by atoms with Crippen LogP contribution in [0.3, 0.4) is 0 Å². The number of carbonyl (C=O) groups excluding carboxylic acids is 2. The van der Waals surface area contributed by atoms with Gasteiger partial charge in [0.05, 0.1) is 18.5 Å². The van der Waals surface area contributed by atoms with E-state index in [1.165, 1.54) is 23.9 Å². The first kappa shape index (κ1) is 24.2. The summed E-state index contributed by atoms with van der Waals surface area (Å²) in [7, 11) is 1.59. The highest BCUT2D eigenvalue weighted by Crippen LogP contribution is 2.38. The van der Waals surface area contributed by atoms with Gasteiger partial charge in [0.15, 0.2) is 5.78 Å². The SMILES string of the molecule is CCOC(=O)C(C(=O)C(C)(C)SCc1ccc(OC)cc1)c1c(F)cc(C)cc1Cl. The van der Waals surface area contributed by atoms with Gasteiger partial charge in [-0.2, -0.15) is 0 Å². The van der Waals surface area contributed by atoms with Crippen LogP contribution >= 0.6 is 23.4 Å². The van der Waals surface area contributed by atoms with Crippen molar-refractivity contribution in [2.75, 3.05) is 13.7 Å². The van der Waals surface area contributed by atoms with Gasteiger partial charge in [-0.15, -0.1) is 11.8 Å². The Morgan fingerprint density at radius 3 is 2.37 bits per heavy atom. The molecule has 1 atom stereocenters. The van der Waals surface area contributed by atoms with Crippen LogP contribution in [0, 0.1) is 12.7 Å². The number of hydrogen-bond acceptors (Lipinski definition) is 5. The summed E-state index contributed by atoms with van der Waals surface area (Å²) in [6, 6.07) is 10.3. The third kappa shape index (κ3) is 5.76. The van der Waals surface area contributed by atoms with Crippen molar-refractivity contribution in [3.05, 3.63) is 63.9 Å². The Labute approximate surface area is 186 Å². The van der Waals surface area contributed by atoms with Crippen molar-refractivity contribution in [1.29, 1.82) is 0 Å². The first-order valence-corrected chi connectivity index (χ1v) is 10.9. The van der Waals surface area contributed by atoms with Crippen molar-refractivity contribution in [2.24, 2.45) is 0 Å². The van der Waals surface area contributed by atoms with Crippen molar-refractivity contribution < 1.29 is 23.5 Å². The zero-order valence-corrected chi connectivity index (χ0v) is 19.3. The number of benzene rings is 2. The molecule has 2 aromatic carbocycles. The fraction of sp³-hybridized carbons (Fsp3) is 0.391. The summed E-state index contributed by atoms with van der Waals surface area (Å²) in [5.41, 5.74) is 1.46. The van der Waals surface area contributed by atoms with Gasteiger partial charge in [-0.3, -0.25) is 9.59 Å². The Hall–Kier alpha value is -2.05. The summed E-state index contributed by atoms with van der Waals surface area (Å²) < 4.78 is 24.0. The quantitative estimate of drug-likeness (QED) is 0.359. The first-order chi connectivity index (χ1) is 14.1. The minimum atomic E-state index is -1.43. The molecule has 0 spiro atoms. The van der Waals surface area contributed by atoms with Crippen molar-refractivity contribution in [2.45, 2.75) is 44.1 Å². The standard InChI is InChI=1S/C23H26ClFO4S/c1-6-29-22(27)20(19-17(24)11-14(2)12-18(19)25)21(26)23(3,4)30-13-15-7-9-16(28-5)10-8-15/h7-12,20H,6,13H2,1-5H3. The first-order valence-electron chi connectivity index (χ1n) is 9.54. The van der Waals surface area contributed by atoms with Crippen molar-refractivity contribution in [1.82, 2.24) is 0 Å². The second-order valence-corrected chi connectivity index (χ2v) is 9.34. The average molecular weight is 453 g/mol. The minimum absolute atomic E-state index is 0.0369. The normalized spacial score (nSPS) is 12.4. The third-order valence-corrected chi connectivity index (χ3v) is 6.36. The summed E-state index contributed by atoms with van der Waals surface area (Å²) in [6.07, 6.45) is 0. The Kier molecular flexibility index (Phi) is 8.33. The Morgan fingerprint density at radius 2 is 1.83 bits per heavy atom. The molecule has 2 aromatic rings. The number of halogens is 2. The molecule has 0 aliphatic rings. The molecule has 0 amide bonds. The van der Waals surface area contributed by atoms with Gasteiger partial charge in [-0.25, -0.2) is 4.39 Å². The van der Waals surface area contributed by atoms with E-state index in [9.17, 15) is 14.0 Å². The highest BCUT2D eigenvalue weighted by Gasteiger charge is 2.42. The molecular formula is C23H26ClFO4S. The van der Waals surface area contributed by atoms with Crippen molar-refractivity contribution in [3.8, 4) is 5.75 Å². The summed E-state index contributed by atoms with van der Waals surface area (Å²) in [6.45, 7) is 6.84. The van der Waals surface area contributed by atoms with Gasteiger partial charge in [-0.1, -0.05) is 23.7 Å². The van der Waals surface area contributed by atoms with Crippen molar-refractivity contribution in [3.63, 3.8) is 0 Å². The zero-order chi connectivity index (χ0) is 22.5. The largest absolute Gasteiger partial charge is 0.497 e. The lowest BCUT2D eigenvalue weighted by Gasteiger charge is -2.28. The molecule has 0 radical (unpaired) electrons. The highest BCUT2D eigenvalue weighted by molar-refractivity contribution is 8.00. The van der Waals surface area contributed by atoms with Crippen LogP contribution in [0.15, 0.2) is 36.4 Å². The number of thioether (sulfide) groups is 1. The number of aryl methyl sites for hydroxylation is 1. The lowest BCUT2D eigenvalue weighted by molar-refractivity contribution is -0.148. The highest BCUT2D eigenvalue weighted by atomic mass is 35.5. The molecule has 0 aromatic heterocycles. The van der Waals surface area contributed by atoms with Gasteiger partial charge in [0.1, 0.15) is 17.5 Å². The number of hydrogen-bond donors (Lipinski definition) is 0. The van der Waals surface area contributed by atoms with Crippen LogP contribution in [0.4, 0.5) is 4.39 Å². The Balaban J connectivity index is 2.32. The van der Waals surface area contributed by atoms with E-state index in [4.69, 9.17) is 21.1 Å². The van der Waals surface area contributed by atoms with Crippen LogP contribution < -0.4 is 4.74 Å². The maximum Gasteiger partial charge on any atom is 0.321 e. The van der Waals surface area contributed by atoms with Crippen LogP contribution in [0.1, 0.15) is 43.4 Å². The molecule has 0 aliphatic carbocycles. The van der Waals surface area contributed by atoms with Gasteiger partial charge < -0.3 is 9.47 Å². The van der Waals surface area contributed by atoms with E-state index in [1.54, 1.807) is 34.8 Å². The monoisotopic (exact) mass is 452 g/mol. The minimum Gasteiger partial charge on any atom is -0.497 e. The van der Waals surface area contributed by atoms with E-state index in [2.05, 4.69) is 0 Å². The second kappa shape index (κ2) is 10.3. The molecule has 0 aliphatic heterocycles. The lowest BCUT2D eigenvalue weighted by Crippen LogP contribution is -2.38. The number of esters is 1. The fourth-order valence-electron chi connectivity index (χ4n) is 2.97. The van der Waals surface area contributed by atoms with E-state index >= 15 is 0 Å². The topological polar surface area (TPSA) is 52.6 Å². The van der Waals surface area contributed by atoms with E-state index in [0.29, 0.717) is 11.3 Å². The molecule has 0 saturated carbocycles. The zero-order valence-electron chi connectivity index (χ0n) is 17.8. The third-order valence-electron chi connectivity index (χ3n) is 4.65. The van der Waals surface area contributed by atoms with Crippen molar-refractivity contribution >= 4 is 35.1 Å². The van der Waals surface area contributed by atoms with Gasteiger partial charge in [0, 0.05) is 16.3 Å². The molecule has 0 heterocycles. The van der Waals surface area contributed by atoms with Gasteiger partial charge in [0.25, 0.3) is 0 Å². The summed E-state index contributed by atoms with van der Waals surface area (Å²) in [5, 5.41) is 0.0369. The molecule has 0 N–H and O–H groups in total. The second-order valence-electron chi connectivity index (χ2n) is 7.34. The van der Waals surface area contributed by atoms with Gasteiger partial charge in [-0.05, 0) is 63.1 Å². The molecule has 0 fully saturated rings. The molecule has 0 bridgehead atoms. The summed E-state index contributed by atoms with van der Waals surface area (Å²) in [4.78, 5) is 26.1. The van der Waals surface area contributed by atoms with E-state index in [0.717, 1.165) is 11.3 Å². The Morgan fingerprint density at radius 1 is 1.20 bits per heavy atom. The van der Waals surface area contributed by atoms with Crippen LogP contribution in [0.5, 0.6) is 5.75 Å². The summed E-state index contributed by atoms with van der Waals surface area (Å²) >= 11 is 7.61. The smallest absolute Gasteiger partial charge is 0.321 e. The maximum atomic E-state index is 14.8. The number of carbonyl (C=O) groups is 2. The molecule has 7 heteroatoms. The van der Waals surface area contributed by atoms with Crippen LogP contribution in [-0.2, 0) is 20.1 Å². The molecule has 0 saturated heterocycles. The van der Waals surface area contributed by atoms with Crippen LogP contribution in [0.2, 0.25) is 5.02 Å².